The first kappa shape index (κ1) is 14.4. The molecule has 0 fully saturated rings. The van der Waals surface area contributed by atoms with Crippen LogP contribution in [0.3, 0.4) is 0 Å². The number of hydrogen-bond donors (Lipinski definition) is 1. The van der Waals surface area contributed by atoms with Crippen LogP contribution in [0.4, 0.5) is 13.2 Å². The van der Waals surface area contributed by atoms with E-state index < -0.39 is 17.7 Å². The highest BCUT2D eigenvalue weighted by atomic mass is 79.9. The molecule has 1 rings (SSSR count). The zero-order valence-corrected chi connectivity index (χ0v) is 10.8. The van der Waals surface area contributed by atoms with Gasteiger partial charge in [-0.3, -0.25) is 4.79 Å². The van der Waals surface area contributed by atoms with Crippen LogP contribution in [0, 0.1) is 0 Å². The number of halogens is 4. The van der Waals surface area contributed by atoms with Crippen molar-refractivity contribution in [3.63, 3.8) is 0 Å². The number of carboxylic acids is 1. The van der Waals surface area contributed by atoms with Crippen molar-refractivity contribution < 1.29 is 23.1 Å². The number of hydrogen-bond acceptors (Lipinski definition) is 2. The summed E-state index contributed by atoms with van der Waals surface area (Å²) < 4.78 is 37.4. The lowest BCUT2D eigenvalue weighted by atomic mass is 10.2. The van der Waals surface area contributed by atoms with Gasteiger partial charge in [0, 0.05) is 15.1 Å². The Labute approximate surface area is 108 Å². The summed E-state index contributed by atoms with van der Waals surface area (Å²) in [5.74, 6) is -0.611. The third kappa shape index (κ3) is 4.59. The molecular formula is C10H8BrF3O2S. The Kier molecular flexibility index (Phi) is 4.88. The summed E-state index contributed by atoms with van der Waals surface area (Å²) in [7, 11) is 0. The first-order chi connectivity index (χ1) is 7.80. The van der Waals surface area contributed by atoms with E-state index in [0.717, 1.165) is 12.1 Å². The van der Waals surface area contributed by atoms with Gasteiger partial charge < -0.3 is 5.11 Å². The van der Waals surface area contributed by atoms with Crippen LogP contribution in [-0.2, 0) is 11.0 Å². The minimum absolute atomic E-state index is 0.0296. The zero-order chi connectivity index (χ0) is 13.1. The maximum Gasteiger partial charge on any atom is 0.416 e. The highest BCUT2D eigenvalue weighted by Gasteiger charge is 2.30. The van der Waals surface area contributed by atoms with E-state index >= 15 is 0 Å². The molecule has 0 bridgehead atoms. The molecule has 0 saturated carbocycles. The molecule has 0 heterocycles. The van der Waals surface area contributed by atoms with Gasteiger partial charge in [-0.1, -0.05) is 0 Å². The monoisotopic (exact) mass is 328 g/mol. The van der Waals surface area contributed by atoms with Crippen molar-refractivity contribution in [2.24, 2.45) is 0 Å². The topological polar surface area (TPSA) is 37.3 Å². The van der Waals surface area contributed by atoms with Crippen LogP contribution in [0.25, 0.3) is 0 Å². The van der Waals surface area contributed by atoms with Crippen molar-refractivity contribution in [1.82, 2.24) is 0 Å². The van der Waals surface area contributed by atoms with Gasteiger partial charge in [-0.25, -0.2) is 0 Å². The van der Waals surface area contributed by atoms with Gasteiger partial charge in [0.2, 0.25) is 0 Å². The Balaban J connectivity index is 2.73. The molecule has 0 spiro atoms. The van der Waals surface area contributed by atoms with Crippen molar-refractivity contribution in [2.75, 3.05) is 5.75 Å². The number of carboxylic acid groups (broad SMARTS) is 1. The maximum absolute atomic E-state index is 12.4. The molecule has 1 aromatic carbocycles. The van der Waals surface area contributed by atoms with E-state index in [2.05, 4.69) is 15.9 Å². The lowest BCUT2D eigenvalue weighted by Crippen LogP contribution is -2.04. The summed E-state index contributed by atoms with van der Waals surface area (Å²) in [6.07, 6.45) is -4.40. The molecule has 0 aliphatic carbocycles. The molecule has 0 radical (unpaired) electrons. The maximum atomic E-state index is 12.4. The van der Waals surface area contributed by atoms with Crippen LogP contribution in [0.2, 0.25) is 0 Å². The Morgan fingerprint density at radius 2 is 2.06 bits per heavy atom. The molecular weight excluding hydrogens is 321 g/mol. The lowest BCUT2D eigenvalue weighted by Gasteiger charge is -2.09. The molecule has 94 valence electrons. The van der Waals surface area contributed by atoms with E-state index in [4.69, 9.17) is 5.11 Å². The lowest BCUT2D eigenvalue weighted by molar-refractivity contribution is -0.138. The van der Waals surface area contributed by atoms with Gasteiger partial charge in [0.05, 0.1) is 12.0 Å². The van der Waals surface area contributed by atoms with Crippen LogP contribution < -0.4 is 0 Å². The summed E-state index contributed by atoms with van der Waals surface area (Å²) in [4.78, 5) is 10.9. The summed E-state index contributed by atoms with van der Waals surface area (Å²) >= 11 is 4.24. The molecule has 1 aromatic rings. The number of rotatable bonds is 4. The third-order valence-corrected chi connectivity index (χ3v) is 3.83. The summed E-state index contributed by atoms with van der Waals surface area (Å²) in [6.45, 7) is 0. The number of carbonyl (C=O) groups is 1. The average molecular weight is 329 g/mol. The van der Waals surface area contributed by atoms with Crippen molar-refractivity contribution in [3.05, 3.63) is 28.2 Å². The largest absolute Gasteiger partial charge is 0.481 e. The van der Waals surface area contributed by atoms with E-state index in [0.29, 0.717) is 15.1 Å². The van der Waals surface area contributed by atoms with Crippen LogP contribution >= 0.6 is 27.7 Å². The van der Waals surface area contributed by atoms with Crippen molar-refractivity contribution >= 4 is 33.7 Å². The first-order valence-corrected chi connectivity index (χ1v) is 6.30. The Hall–Kier alpha value is -0.690. The molecule has 0 atom stereocenters. The minimum atomic E-state index is -4.37. The second-order valence-corrected chi connectivity index (χ2v) is 5.13. The van der Waals surface area contributed by atoms with Gasteiger partial charge in [-0.05, 0) is 34.1 Å². The molecule has 0 aliphatic heterocycles. The van der Waals surface area contributed by atoms with Gasteiger partial charge in [0.15, 0.2) is 0 Å². The van der Waals surface area contributed by atoms with E-state index in [-0.39, 0.29) is 6.42 Å². The fourth-order valence-corrected chi connectivity index (χ4v) is 2.62. The molecule has 0 aromatic heterocycles. The van der Waals surface area contributed by atoms with E-state index in [1.807, 2.05) is 0 Å². The molecule has 0 amide bonds. The summed E-state index contributed by atoms with van der Waals surface area (Å²) in [5.41, 5.74) is -0.730. The summed E-state index contributed by atoms with van der Waals surface area (Å²) in [6, 6.07) is 3.30. The van der Waals surface area contributed by atoms with Gasteiger partial charge in [-0.15, -0.1) is 11.8 Å². The van der Waals surface area contributed by atoms with E-state index in [1.165, 1.54) is 17.8 Å². The number of benzene rings is 1. The molecule has 1 N–H and O–H groups in total. The second kappa shape index (κ2) is 5.77. The van der Waals surface area contributed by atoms with Crippen LogP contribution in [-0.4, -0.2) is 16.8 Å². The third-order valence-electron chi connectivity index (χ3n) is 1.83. The molecule has 0 unspecified atom stereocenters. The fourth-order valence-electron chi connectivity index (χ4n) is 1.04. The van der Waals surface area contributed by atoms with E-state index in [9.17, 15) is 18.0 Å². The van der Waals surface area contributed by atoms with Gasteiger partial charge in [0.25, 0.3) is 0 Å². The van der Waals surface area contributed by atoms with Crippen LogP contribution in [0.15, 0.2) is 27.6 Å². The molecule has 0 saturated heterocycles. The zero-order valence-electron chi connectivity index (χ0n) is 8.42. The van der Waals surface area contributed by atoms with Crippen molar-refractivity contribution in [1.29, 1.82) is 0 Å². The Morgan fingerprint density at radius 3 is 2.53 bits per heavy atom. The number of thioether (sulfide) groups is 1. The highest BCUT2D eigenvalue weighted by molar-refractivity contribution is 9.10. The smallest absolute Gasteiger partial charge is 0.416 e. The average Bonchev–Trinajstić information content (AvgIpc) is 2.18. The highest BCUT2D eigenvalue weighted by Crippen LogP contribution is 2.35. The Bertz CT molecular complexity index is 421. The van der Waals surface area contributed by atoms with Crippen LogP contribution in [0.1, 0.15) is 12.0 Å². The predicted molar refractivity (Wildman–Crippen MR) is 62.1 cm³/mol. The SMILES string of the molecule is O=C(O)CCSc1ccc(C(F)(F)F)cc1Br. The quantitative estimate of drug-likeness (QED) is 0.848. The predicted octanol–water partition coefficient (Wildman–Crippen LogP) is 4.03. The minimum Gasteiger partial charge on any atom is -0.481 e. The van der Waals surface area contributed by atoms with Crippen LogP contribution in [0.5, 0.6) is 0 Å². The molecule has 0 aliphatic rings. The van der Waals surface area contributed by atoms with Crippen molar-refractivity contribution in [3.8, 4) is 0 Å². The van der Waals surface area contributed by atoms with Gasteiger partial charge >= 0.3 is 12.1 Å². The molecule has 7 heteroatoms. The van der Waals surface area contributed by atoms with Gasteiger partial charge in [-0.2, -0.15) is 13.2 Å². The summed E-state index contributed by atoms with van der Waals surface area (Å²) in [5, 5.41) is 8.44. The van der Waals surface area contributed by atoms with Crippen molar-refractivity contribution in [2.45, 2.75) is 17.5 Å². The number of alkyl halides is 3. The van der Waals surface area contributed by atoms with E-state index in [1.54, 1.807) is 0 Å². The molecule has 17 heavy (non-hydrogen) atoms. The normalized spacial score (nSPS) is 11.5. The van der Waals surface area contributed by atoms with Gasteiger partial charge in [0.1, 0.15) is 0 Å². The second-order valence-electron chi connectivity index (χ2n) is 3.14. The Morgan fingerprint density at radius 1 is 1.41 bits per heavy atom. The standard InChI is InChI=1S/C10H8BrF3O2S/c11-7-5-6(10(12,13)14)1-2-8(7)17-4-3-9(15)16/h1-2,5H,3-4H2,(H,15,16). The fraction of sp³-hybridized carbons (Fsp3) is 0.300. The first-order valence-electron chi connectivity index (χ1n) is 4.52. The number of aliphatic carboxylic acids is 1. The molecule has 2 nitrogen and oxygen atoms in total.